The zero-order chi connectivity index (χ0) is 29.5. The third-order valence-electron chi connectivity index (χ3n) is 6.22. The molecule has 0 radical (unpaired) electrons. The van der Waals surface area contributed by atoms with Crippen molar-refractivity contribution in [2.24, 2.45) is 0 Å². The molecule has 0 saturated carbocycles. The normalized spacial score (nSPS) is 12.2. The van der Waals surface area contributed by atoms with Crippen LogP contribution in [-0.2, 0) is 6.18 Å². The predicted octanol–water partition coefficient (Wildman–Crippen LogP) is 9.21. The topological polar surface area (TPSA) is 53.1 Å². The van der Waals surface area contributed by atoms with Gasteiger partial charge in [0.2, 0.25) is 0 Å². The van der Waals surface area contributed by atoms with E-state index < -0.39 is 24.0 Å². The molecule has 0 atom stereocenters. The van der Waals surface area contributed by atoms with Crippen molar-refractivity contribution in [1.82, 2.24) is 14.8 Å². The van der Waals surface area contributed by atoms with Crippen molar-refractivity contribution in [2.45, 2.75) is 39.2 Å². The number of oxazole rings is 1. The zero-order valence-corrected chi connectivity index (χ0v) is 22.0. The monoisotopic (exact) mass is 571 g/mol. The summed E-state index contributed by atoms with van der Waals surface area (Å²) < 4.78 is 89.5. The fraction of sp³-hybridized carbons (Fsp3) is 0.200. The van der Waals surface area contributed by atoms with Gasteiger partial charge in [-0.1, -0.05) is 49.7 Å². The van der Waals surface area contributed by atoms with Crippen LogP contribution < -0.4 is 4.74 Å². The highest BCUT2D eigenvalue weighted by atomic mass is 19.4. The molecular formula is C30H23F6N3O2. The minimum absolute atomic E-state index is 0.166. The van der Waals surface area contributed by atoms with Crippen LogP contribution in [0.5, 0.6) is 5.75 Å². The van der Waals surface area contributed by atoms with Crippen LogP contribution in [0.3, 0.4) is 0 Å². The smallest absolute Gasteiger partial charge is 0.440 e. The molecule has 0 bridgehead atoms. The fourth-order valence-corrected chi connectivity index (χ4v) is 4.31. The Bertz CT molecular complexity index is 1680. The summed E-state index contributed by atoms with van der Waals surface area (Å²) in [6, 6.07) is 18.9. The largest absolute Gasteiger partial charge is 0.573 e. The maximum Gasteiger partial charge on any atom is 0.573 e. The number of rotatable bonds is 6. The number of nitrogens with zero attached hydrogens (tertiary/aromatic N) is 3. The molecule has 0 unspecified atom stereocenters. The Hall–Kier alpha value is -4.54. The molecule has 212 valence electrons. The predicted molar refractivity (Wildman–Crippen MR) is 140 cm³/mol. The Morgan fingerprint density at radius 1 is 0.829 bits per heavy atom. The molecule has 2 heterocycles. The average Bonchev–Trinajstić information content (AvgIpc) is 3.56. The standard InChI is InChI=1S/C30H23F6N3O2/c1-17(2)28-37-26(27(40-28)19-7-10-22(11-8-19)41-30(34,35)36)23-16-21(20-6-4-5-18(3)15-20)9-12-24(23)39-14-13-25(38-39)29(31,32)33/h4-17H,1-3H3. The maximum atomic E-state index is 13.4. The molecule has 11 heteroatoms. The molecule has 0 fully saturated rings. The van der Waals surface area contributed by atoms with E-state index in [1.807, 2.05) is 45.0 Å². The summed E-state index contributed by atoms with van der Waals surface area (Å²) in [6.07, 6.45) is -8.29. The van der Waals surface area contributed by atoms with Gasteiger partial charge in [0.1, 0.15) is 11.4 Å². The van der Waals surface area contributed by atoms with E-state index in [-0.39, 0.29) is 11.7 Å². The highest BCUT2D eigenvalue weighted by Gasteiger charge is 2.34. The van der Waals surface area contributed by atoms with E-state index >= 15 is 0 Å². The van der Waals surface area contributed by atoms with Crippen LogP contribution in [0.2, 0.25) is 0 Å². The van der Waals surface area contributed by atoms with Crippen molar-refractivity contribution in [3.8, 4) is 45.1 Å². The molecule has 41 heavy (non-hydrogen) atoms. The minimum atomic E-state index is -4.85. The number of aromatic nitrogens is 3. The number of benzene rings is 3. The molecule has 0 aliphatic rings. The van der Waals surface area contributed by atoms with Gasteiger partial charge in [-0.3, -0.25) is 0 Å². The molecule has 2 aromatic heterocycles. The van der Waals surface area contributed by atoms with Crippen molar-refractivity contribution in [1.29, 1.82) is 0 Å². The molecule has 5 rings (SSSR count). The van der Waals surface area contributed by atoms with Gasteiger partial charge in [0.05, 0.1) is 5.69 Å². The van der Waals surface area contributed by atoms with Crippen LogP contribution in [0, 0.1) is 6.92 Å². The molecule has 5 aromatic rings. The van der Waals surface area contributed by atoms with E-state index in [0.29, 0.717) is 28.4 Å². The van der Waals surface area contributed by atoms with Crippen LogP contribution in [0.15, 0.2) is 83.4 Å². The van der Waals surface area contributed by atoms with Crippen molar-refractivity contribution in [3.63, 3.8) is 0 Å². The van der Waals surface area contributed by atoms with Crippen molar-refractivity contribution >= 4 is 0 Å². The number of aryl methyl sites for hydroxylation is 1. The molecule has 0 aliphatic carbocycles. The van der Waals surface area contributed by atoms with E-state index in [2.05, 4.69) is 9.84 Å². The second-order valence-electron chi connectivity index (χ2n) is 9.70. The maximum absolute atomic E-state index is 13.4. The lowest BCUT2D eigenvalue weighted by Gasteiger charge is -2.13. The molecule has 0 amide bonds. The van der Waals surface area contributed by atoms with Gasteiger partial charge in [0.15, 0.2) is 17.3 Å². The lowest BCUT2D eigenvalue weighted by molar-refractivity contribution is -0.274. The van der Waals surface area contributed by atoms with Gasteiger partial charge in [0.25, 0.3) is 0 Å². The molecule has 5 nitrogen and oxygen atoms in total. The van der Waals surface area contributed by atoms with Gasteiger partial charge in [-0.15, -0.1) is 13.2 Å². The van der Waals surface area contributed by atoms with Gasteiger partial charge < -0.3 is 9.15 Å². The Morgan fingerprint density at radius 2 is 1.51 bits per heavy atom. The quantitative estimate of drug-likeness (QED) is 0.191. The Kier molecular flexibility index (Phi) is 7.14. The van der Waals surface area contributed by atoms with Gasteiger partial charge in [-0.2, -0.15) is 18.3 Å². The summed E-state index contributed by atoms with van der Waals surface area (Å²) >= 11 is 0. The van der Waals surface area contributed by atoms with E-state index in [4.69, 9.17) is 9.40 Å². The molecule has 0 aliphatic heterocycles. The first kappa shape index (κ1) is 28.0. The number of hydrogen-bond donors (Lipinski definition) is 0. The second-order valence-corrected chi connectivity index (χ2v) is 9.70. The van der Waals surface area contributed by atoms with Crippen molar-refractivity contribution < 1.29 is 35.5 Å². The molecular weight excluding hydrogens is 548 g/mol. The third kappa shape index (κ3) is 6.13. The molecule has 0 spiro atoms. The second kappa shape index (κ2) is 10.5. The highest BCUT2D eigenvalue weighted by Crippen LogP contribution is 2.40. The van der Waals surface area contributed by atoms with E-state index in [9.17, 15) is 26.3 Å². The third-order valence-corrected chi connectivity index (χ3v) is 6.22. The van der Waals surface area contributed by atoms with Crippen molar-refractivity contribution in [3.05, 3.63) is 96.1 Å². The molecule has 0 saturated heterocycles. The van der Waals surface area contributed by atoms with Crippen LogP contribution >= 0.6 is 0 Å². The van der Waals surface area contributed by atoms with Gasteiger partial charge in [-0.05, 0) is 60.5 Å². The van der Waals surface area contributed by atoms with Gasteiger partial charge >= 0.3 is 12.5 Å². The highest BCUT2D eigenvalue weighted by molar-refractivity contribution is 5.85. The number of halogens is 6. The van der Waals surface area contributed by atoms with E-state index in [0.717, 1.165) is 39.6 Å². The van der Waals surface area contributed by atoms with E-state index in [1.165, 1.54) is 18.3 Å². The average molecular weight is 572 g/mol. The number of hydrogen-bond acceptors (Lipinski definition) is 4. The number of ether oxygens (including phenoxy) is 1. The van der Waals surface area contributed by atoms with Crippen LogP contribution in [0.1, 0.15) is 36.9 Å². The summed E-state index contributed by atoms with van der Waals surface area (Å²) in [6.45, 7) is 5.65. The Balaban J connectivity index is 1.71. The summed E-state index contributed by atoms with van der Waals surface area (Å²) in [5.41, 5.74) is 3.02. The lowest BCUT2D eigenvalue weighted by Crippen LogP contribution is -2.16. The Morgan fingerprint density at radius 3 is 2.12 bits per heavy atom. The van der Waals surface area contributed by atoms with Crippen LogP contribution in [-0.4, -0.2) is 21.1 Å². The number of alkyl halides is 6. The minimum Gasteiger partial charge on any atom is -0.440 e. The zero-order valence-electron chi connectivity index (χ0n) is 22.0. The first-order chi connectivity index (χ1) is 19.3. The summed E-state index contributed by atoms with van der Waals surface area (Å²) in [5, 5.41) is 3.75. The summed E-state index contributed by atoms with van der Waals surface area (Å²) in [4.78, 5) is 4.69. The molecule has 3 aromatic carbocycles. The first-order valence-electron chi connectivity index (χ1n) is 12.5. The van der Waals surface area contributed by atoms with Crippen LogP contribution in [0.25, 0.3) is 39.4 Å². The fourth-order valence-electron chi connectivity index (χ4n) is 4.31. The lowest BCUT2D eigenvalue weighted by atomic mass is 9.97. The van der Waals surface area contributed by atoms with E-state index in [1.54, 1.807) is 18.2 Å². The Labute approximate surface area is 231 Å². The molecule has 0 N–H and O–H groups in total. The summed E-state index contributed by atoms with van der Waals surface area (Å²) in [7, 11) is 0. The first-order valence-corrected chi connectivity index (χ1v) is 12.5. The summed E-state index contributed by atoms with van der Waals surface area (Å²) in [5.74, 6) is -0.00268. The van der Waals surface area contributed by atoms with Crippen molar-refractivity contribution in [2.75, 3.05) is 0 Å². The van der Waals surface area contributed by atoms with Gasteiger partial charge in [-0.25, -0.2) is 9.67 Å². The SMILES string of the molecule is Cc1cccc(-c2ccc(-n3ccc(C(F)(F)F)n3)c(-c3nc(C(C)C)oc3-c3ccc(OC(F)(F)F)cc3)c2)c1. The van der Waals surface area contributed by atoms with Crippen LogP contribution in [0.4, 0.5) is 26.3 Å². The van der Waals surface area contributed by atoms with Gasteiger partial charge in [0, 0.05) is 23.2 Å².